The maximum atomic E-state index is 5.09. The van der Waals surface area contributed by atoms with E-state index in [1.54, 1.807) is 0 Å². The lowest BCUT2D eigenvalue weighted by molar-refractivity contribution is 1.08. The van der Waals surface area contributed by atoms with E-state index in [9.17, 15) is 0 Å². The van der Waals surface area contributed by atoms with Gasteiger partial charge in [-0.1, -0.05) is 31.5 Å². The molecule has 2 nitrogen and oxygen atoms in total. The van der Waals surface area contributed by atoms with E-state index in [1.165, 1.54) is 61.5 Å². The van der Waals surface area contributed by atoms with Crippen LogP contribution in [0.5, 0.6) is 0 Å². The minimum atomic E-state index is 1.02. The second-order valence-electron chi connectivity index (χ2n) is 8.23. The van der Waals surface area contributed by atoms with E-state index in [4.69, 9.17) is 4.99 Å². The summed E-state index contributed by atoms with van der Waals surface area (Å²) in [5, 5.41) is 0. The fourth-order valence-corrected chi connectivity index (χ4v) is 5.00. The Bertz CT molecular complexity index is 1020. The highest BCUT2D eigenvalue weighted by Crippen LogP contribution is 2.41. The maximum absolute atomic E-state index is 5.09. The Morgan fingerprint density at radius 1 is 0.893 bits per heavy atom. The molecule has 1 aliphatic heterocycles. The van der Waals surface area contributed by atoms with Gasteiger partial charge in [0.25, 0.3) is 0 Å². The first kappa shape index (κ1) is 20.4. The predicted molar refractivity (Wildman–Crippen MR) is 122 cm³/mol. The zero-order chi connectivity index (χ0) is 20.7. The number of nitrogens with one attached hydrogen (secondary N) is 1. The Morgan fingerprint density at radius 3 is 1.96 bits per heavy atom. The van der Waals surface area contributed by atoms with E-state index in [0.29, 0.717) is 0 Å². The van der Waals surface area contributed by atoms with Crippen molar-refractivity contribution in [1.29, 1.82) is 0 Å². The lowest BCUT2D eigenvalue weighted by atomic mass is 9.87. The van der Waals surface area contributed by atoms with Crippen LogP contribution in [0.25, 0.3) is 5.57 Å². The number of allylic oxidation sites excluding steroid dienone is 2. The highest BCUT2D eigenvalue weighted by molar-refractivity contribution is 6.05. The van der Waals surface area contributed by atoms with Crippen molar-refractivity contribution in [3.8, 4) is 0 Å². The number of benzene rings is 1. The normalized spacial score (nSPS) is 16.1. The summed E-state index contributed by atoms with van der Waals surface area (Å²) in [6, 6.07) is 4.58. The van der Waals surface area contributed by atoms with E-state index >= 15 is 0 Å². The summed E-state index contributed by atoms with van der Waals surface area (Å²) >= 11 is 0. The maximum Gasteiger partial charge on any atom is 0.0765 e. The van der Waals surface area contributed by atoms with E-state index < -0.39 is 0 Å². The molecule has 1 aromatic heterocycles. The van der Waals surface area contributed by atoms with Crippen molar-refractivity contribution < 1.29 is 0 Å². The Kier molecular flexibility index (Phi) is 5.52. The molecule has 0 saturated carbocycles. The van der Waals surface area contributed by atoms with Crippen LogP contribution < -0.4 is 0 Å². The Balaban J connectivity index is 2.46. The molecule has 0 radical (unpaired) electrons. The molecule has 148 valence electrons. The van der Waals surface area contributed by atoms with Gasteiger partial charge >= 0.3 is 0 Å². The van der Waals surface area contributed by atoms with Gasteiger partial charge in [-0.3, -0.25) is 4.99 Å². The number of aromatic nitrogens is 1. The number of aromatic amines is 1. The molecule has 3 rings (SSSR count). The van der Waals surface area contributed by atoms with Gasteiger partial charge in [0.1, 0.15) is 0 Å². The molecular weight excluding hydrogens is 340 g/mol. The van der Waals surface area contributed by atoms with Crippen LogP contribution in [-0.2, 0) is 6.42 Å². The molecule has 0 amide bonds. The average Bonchev–Trinajstić information content (AvgIpc) is 3.05. The zero-order valence-electron chi connectivity index (χ0n) is 19.0. The lowest BCUT2D eigenvalue weighted by Crippen LogP contribution is -2.02. The summed E-state index contributed by atoms with van der Waals surface area (Å²) in [6.45, 7) is 19.9. The largest absolute Gasteiger partial charge is 0.358 e. The van der Waals surface area contributed by atoms with Gasteiger partial charge < -0.3 is 4.98 Å². The number of rotatable bonds is 4. The number of aryl methyl sites for hydroxylation is 4. The van der Waals surface area contributed by atoms with Crippen molar-refractivity contribution in [2.24, 2.45) is 4.99 Å². The van der Waals surface area contributed by atoms with Crippen LogP contribution in [-0.4, -0.2) is 10.7 Å². The molecule has 0 unspecified atom stereocenters. The molecule has 1 N–H and O–H groups in total. The van der Waals surface area contributed by atoms with Crippen molar-refractivity contribution in [2.45, 2.75) is 75.2 Å². The summed E-state index contributed by atoms with van der Waals surface area (Å²) in [5.74, 6) is 0. The van der Waals surface area contributed by atoms with Crippen LogP contribution in [0.3, 0.4) is 0 Å². The second-order valence-corrected chi connectivity index (χ2v) is 8.23. The minimum Gasteiger partial charge on any atom is -0.358 e. The fourth-order valence-electron chi connectivity index (χ4n) is 5.00. The Morgan fingerprint density at radius 2 is 1.50 bits per heavy atom. The number of hydrogen-bond acceptors (Lipinski definition) is 1. The van der Waals surface area contributed by atoms with Gasteiger partial charge in [0.2, 0.25) is 0 Å². The van der Waals surface area contributed by atoms with Crippen molar-refractivity contribution in [1.82, 2.24) is 4.98 Å². The quantitative estimate of drug-likeness (QED) is 0.592. The van der Waals surface area contributed by atoms with Crippen molar-refractivity contribution >= 4 is 11.3 Å². The van der Waals surface area contributed by atoms with Crippen LogP contribution in [0, 0.1) is 34.6 Å². The zero-order valence-corrected chi connectivity index (χ0v) is 19.0. The first-order chi connectivity index (χ1) is 13.2. The molecule has 0 fully saturated rings. The van der Waals surface area contributed by atoms with Gasteiger partial charge in [-0.15, -0.1) is 0 Å². The fraction of sp³-hybridized carbons (Fsp3) is 0.423. The number of H-pyrrole nitrogens is 1. The third-order valence-electron chi connectivity index (χ3n) is 6.24. The molecule has 0 aliphatic carbocycles. The standard InChI is InChI=1S/C26H34N2/c1-10-21-17(6)25(27-19(21)8)24(23-15(4)12-14(3)13-16(23)5)26-18(7)22(11-2)20(9)28-26/h12-13,27H,10-11H2,1-9H3/b26-24+. The summed E-state index contributed by atoms with van der Waals surface area (Å²) in [7, 11) is 0. The van der Waals surface area contributed by atoms with Crippen molar-refractivity contribution in [3.63, 3.8) is 0 Å². The summed E-state index contributed by atoms with van der Waals surface area (Å²) < 4.78 is 0. The molecule has 1 aliphatic rings. The van der Waals surface area contributed by atoms with Gasteiger partial charge in [0, 0.05) is 17.0 Å². The molecular formula is C26H34N2. The molecule has 1 aromatic carbocycles. The topological polar surface area (TPSA) is 28.1 Å². The molecule has 0 bridgehead atoms. The first-order valence-electron chi connectivity index (χ1n) is 10.5. The third kappa shape index (κ3) is 3.19. The molecule has 28 heavy (non-hydrogen) atoms. The summed E-state index contributed by atoms with van der Waals surface area (Å²) in [4.78, 5) is 8.81. The second kappa shape index (κ2) is 7.58. The molecule has 0 spiro atoms. The van der Waals surface area contributed by atoms with E-state index in [2.05, 4.69) is 79.4 Å². The minimum absolute atomic E-state index is 1.02. The molecule has 0 atom stereocenters. The number of hydrogen-bond donors (Lipinski definition) is 1. The van der Waals surface area contributed by atoms with Crippen LogP contribution >= 0.6 is 0 Å². The molecule has 2 heteroatoms. The highest BCUT2D eigenvalue weighted by atomic mass is 14.8. The van der Waals surface area contributed by atoms with Gasteiger partial charge in [0.15, 0.2) is 0 Å². The molecule has 2 aromatic rings. The van der Waals surface area contributed by atoms with Crippen LogP contribution in [0.2, 0.25) is 0 Å². The van der Waals surface area contributed by atoms with Gasteiger partial charge in [0.05, 0.1) is 11.4 Å². The average molecular weight is 375 g/mol. The number of aliphatic imine (C=N–C) groups is 1. The monoisotopic (exact) mass is 374 g/mol. The van der Waals surface area contributed by atoms with Crippen LogP contribution in [0.15, 0.2) is 34.0 Å². The molecule has 0 saturated heterocycles. The molecule has 2 heterocycles. The van der Waals surface area contributed by atoms with Crippen molar-refractivity contribution in [3.05, 3.63) is 73.7 Å². The smallest absolute Gasteiger partial charge is 0.0765 e. The van der Waals surface area contributed by atoms with E-state index in [1.807, 2.05) is 0 Å². The Labute approximate surface area is 170 Å². The number of nitrogens with zero attached hydrogens (tertiary/aromatic N) is 1. The highest BCUT2D eigenvalue weighted by Gasteiger charge is 2.26. The van der Waals surface area contributed by atoms with Crippen LogP contribution in [0.4, 0.5) is 0 Å². The van der Waals surface area contributed by atoms with Gasteiger partial charge in [-0.25, -0.2) is 0 Å². The van der Waals surface area contributed by atoms with Gasteiger partial charge in [-0.2, -0.15) is 0 Å². The summed E-state index contributed by atoms with van der Waals surface area (Å²) in [5.41, 5.74) is 16.8. The lowest BCUT2D eigenvalue weighted by Gasteiger charge is -2.18. The first-order valence-corrected chi connectivity index (χ1v) is 10.5. The SMILES string of the molecule is CCC1=C(C)/C(=C(\c2[nH]c(C)c(CC)c2C)c2c(C)cc(C)cc2C)N=C1C. The van der Waals surface area contributed by atoms with Crippen LogP contribution in [0.1, 0.15) is 78.9 Å². The Hall–Kier alpha value is -2.35. The van der Waals surface area contributed by atoms with Crippen molar-refractivity contribution in [2.75, 3.05) is 0 Å². The van der Waals surface area contributed by atoms with Gasteiger partial charge in [-0.05, 0) is 100 Å². The summed E-state index contributed by atoms with van der Waals surface area (Å²) in [6.07, 6.45) is 2.06. The van der Waals surface area contributed by atoms with E-state index in [0.717, 1.165) is 24.3 Å². The van der Waals surface area contributed by atoms with E-state index in [-0.39, 0.29) is 0 Å². The third-order valence-corrected chi connectivity index (χ3v) is 6.24. The predicted octanol–water partition coefficient (Wildman–Crippen LogP) is 7.08.